The molecule has 0 aromatic heterocycles. The fourth-order valence-electron chi connectivity index (χ4n) is 4.44. The van der Waals surface area contributed by atoms with Crippen LogP contribution in [0.2, 0.25) is 5.04 Å². The number of benzene rings is 2. The van der Waals surface area contributed by atoms with Crippen molar-refractivity contribution < 1.29 is 9.53 Å². The molecule has 2 aromatic carbocycles. The molecule has 148 valence electrons. The minimum absolute atomic E-state index is 0.0560. The predicted octanol–water partition coefficient (Wildman–Crippen LogP) is 4.30. The van der Waals surface area contributed by atoms with E-state index >= 15 is 0 Å². The molecule has 0 bridgehead atoms. The molecule has 0 saturated heterocycles. The number of rotatable bonds is 8. The number of aliphatic hydroxyl groups excluding tert-OH is 1. The lowest BCUT2D eigenvalue weighted by molar-refractivity contribution is 0.162. The summed E-state index contributed by atoms with van der Waals surface area (Å²) < 4.78 is 7.03. The average Bonchev–Trinajstić information content (AvgIpc) is 3.43. The maximum Gasteiger partial charge on any atom is 0.261 e. The van der Waals surface area contributed by atoms with Gasteiger partial charge in [0, 0.05) is 17.9 Å². The van der Waals surface area contributed by atoms with Gasteiger partial charge < -0.3 is 9.53 Å². The Kier molecular flexibility index (Phi) is 5.81. The van der Waals surface area contributed by atoms with Gasteiger partial charge in [0.1, 0.15) is 0 Å². The van der Waals surface area contributed by atoms with Crippen molar-refractivity contribution in [1.29, 1.82) is 0 Å². The van der Waals surface area contributed by atoms with Crippen LogP contribution in [0, 0.1) is 11.3 Å². The molecule has 2 aromatic rings. The molecule has 0 amide bonds. The van der Waals surface area contributed by atoms with E-state index in [4.69, 9.17) is 4.43 Å². The molecule has 1 aliphatic carbocycles. The summed E-state index contributed by atoms with van der Waals surface area (Å²) in [5.74, 6) is 0.140. The molecule has 1 N–H and O–H groups in total. The van der Waals surface area contributed by atoms with Crippen LogP contribution in [-0.4, -0.2) is 26.1 Å². The molecule has 0 unspecified atom stereocenters. The lowest BCUT2D eigenvalue weighted by Gasteiger charge is -2.43. The topological polar surface area (TPSA) is 29.5 Å². The Morgan fingerprint density at radius 1 is 1.07 bits per heavy atom. The summed E-state index contributed by atoms with van der Waals surface area (Å²) in [6.07, 6.45) is 3.98. The summed E-state index contributed by atoms with van der Waals surface area (Å²) in [7, 11) is -2.57. The molecule has 0 radical (unpaired) electrons. The van der Waals surface area contributed by atoms with E-state index in [0.717, 1.165) is 6.42 Å². The third-order valence-corrected chi connectivity index (χ3v) is 11.2. The van der Waals surface area contributed by atoms with Crippen molar-refractivity contribution in [2.75, 3.05) is 6.61 Å². The molecule has 3 heteroatoms. The predicted molar refractivity (Wildman–Crippen MR) is 121 cm³/mol. The van der Waals surface area contributed by atoms with E-state index in [9.17, 15) is 5.11 Å². The first-order valence-corrected chi connectivity index (χ1v) is 11.9. The molecule has 1 saturated carbocycles. The fourth-order valence-corrected chi connectivity index (χ4v) is 9.08. The summed E-state index contributed by atoms with van der Waals surface area (Å²) in [6, 6.07) is 21.3. The average molecular weight is 393 g/mol. The lowest BCUT2D eigenvalue weighted by atomic mass is 10.0. The van der Waals surface area contributed by atoms with Crippen LogP contribution in [0.5, 0.6) is 0 Å². The van der Waals surface area contributed by atoms with Crippen molar-refractivity contribution in [1.82, 2.24) is 0 Å². The van der Waals surface area contributed by atoms with E-state index in [1.54, 1.807) is 6.08 Å². The molecule has 3 rings (SSSR count). The molecule has 0 heterocycles. The Bertz CT molecular complexity index is 770. The van der Waals surface area contributed by atoms with E-state index in [1.165, 1.54) is 10.4 Å². The second kappa shape index (κ2) is 7.82. The van der Waals surface area contributed by atoms with Crippen LogP contribution in [-0.2, 0) is 4.43 Å². The van der Waals surface area contributed by atoms with Crippen LogP contribution in [0.3, 0.4) is 0 Å². The van der Waals surface area contributed by atoms with Crippen LogP contribution in [0.25, 0.3) is 0 Å². The third kappa shape index (κ3) is 3.55. The summed E-state index contributed by atoms with van der Waals surface area (Å²) in [6.45, 7) is 15.2. The Balaban J connectivity index is 2.05. The van der Waals surface area contributed by atoms with Gasteiger partial charge in [0.05, 0.1) is 6.10 Å². The highest BCUT2D eigenvalue weighted by Crippen LogP contribution is 2.56. The van der Waals surface area contributed by atoms with Crippen LogP contribution in [0.4, 0.5) is 0 Å². The molecular formula is C25H32O2Si. The van der Waals surface area contributed by atoms with Crippen LogP contribution in [0.15, 0.2) is 86.0 Å². The minimum atomic E-state index is -2.57. The molecule has 0 aliphatic heterocycles. The SMILES string of the molecule is C=C[C@H](O)[C@@H]1C[C@@]1(C=C)CO[Si](c1ccccc1)(c1ccccc1)C(C)(C)C. The quantitative estimate of drug-likeness (QED) is 0.536. The molecule has 0 spiro atoms. The van der Waals surface area contributed by atoms with Gasteiger partial charge in [-0.15, -0.1) is 13.2 Å². The van der Waals surface area contributed by atoms with Crippen molar-refractivity contribution in [2.24, 2.45) is 11.3 Å². The van der Waals surface area contributed by atoms with Gasteiger partial charge in [-0.1, -0.05) is 93.6 Å². The molecular weight excluding hydrogens is 360 g/mol. The van der Waals surface area contributed by atoms with Gasteiger partial charge in [0.15, 0.2) is 0 Å². The summed E-state index contributed by atoms with van der Waals surface area (Å²) in [4.78, 5) is 0. The zero-order chi connectivity index (χ0) is 20.4. The minimum Gasteiger partial charge on any atom is -0.407 e. The van der Waals surface area contributed by atoms with Crippen LogP contribution < -0.4 is 10.4 Å². The van der Waals surface area contributed by atoms with E-state index in [-0.39, 0.29) is 16.4 Å². The third-order valence-electron chi connectivity index (χ3n) is 6.21. The standard InChI is InChI=1S/C25H32O2Si/c1-6-23(26)22-18-25(22,7-2)19-27-28(24(3,4)5,20-14-10-8-11-15-20)21-16-12-9-13-17-21/h6-17,22-23,26H,1-2,18-19H2,3-5H3/t22-,23-,25-/m0/s1. The first kappa shape index (κ1) is 20.8. The maximum absolute atomic E-state index is 10.3. The summed E-state index contributed by atoms with van der Waals surface area (Å²) in [5.41, 5.74) is -0.180. The van der Waals surface area contributed by atoms with Crippen molar-refractivity contribution in [3.8, 4) is 0 Å². The van der Waals surface area contributed by atoms with Crippen molar-refractivity contribution in [3.05, 3.63) is 86.0 Å². The van der Waals surface area contributed by atoms with E-state index in [2.05, 4.69) is 94.6 Å². The second-order valence-corrected chi connectivity index (χ2v) is 13.2. The number of hydrogen-bond donors (Lipinski definition) is 1. The first-order chi connectivity index (χ1) is 13.3. The Labute approximate surface area is 170 Å². The summed E-state index contributed by atoms with van der Waals surface area (Å²) >= 11 is 0. The van der Waals surface area contributed by atoms with Crippen molar-refractivity contribution >= 4 is 18.7 Å². The molecule has 1 fully saturated rings. The largest absolute Gasteiger partial charge is 0.407 e. The monoisotopic (exact) mass is 392 g/mol. The van der Waals surface area contributed by atoms with Crippen LogP contribution >= 0.6 is 0 Å². The van der Waals surface area contributed by atoms with E-state index in [0.29, 0.717) is 6.61 Å². The van der Waals surface area contributed by atoms with Gasteiger partial charge in [-0.05, 0) is 21.8 Å². The van der Waals surface area contributed by atoms with Gasteiger partial charge >= 0.3 is 0 Å². The van der Waals surface area contributed by atoms with Gasteiger partial charge in [-0.2, -0.15) is 0 Å². The normalized spacial score (nSPS) is 23.1. The smallest absolute Gasteiger partial charge is 0.261 e. The molecule has 1 aliphatic rings. The Morgan fingerprint density at radius 3 is 1.96 bits per heavy atom. The fraction of sp³-hybridized carbons (Fsp3) is 0.360. The maximum atomic E-state index is 10.3. The highest BCUT2D eigenvalue weighted by atomic mass is 28.4. The van der Waals surface area contributed by atoms with E-state index < -0.39 is 14.4 Å². The van der Waals surface area contributed by atoms with Gasteiger partial charge in [-0.3, -0.25) is 0 Å². The molecule has 3 atom stereocenters. The van der Waals surface area contributed by atoms with Gasteiger partial charge in [0.25, 0.3) is 8.32 Å². The zero-order valence-electron chi connectivity index (χ0n) is 17.3. The Hall–Kier alpha value is -1.94. The van der Waals surface area contributed by atoms with Crippen LogP contribution in [0.1, 0.15) is 27.2 Å². The van der Waals surface area contributed by atoms with Crippen molar-refractivity contribution in [3.63, 3.8) is 0 Å². The Morgan fingerprint density at radius 2 is 1.57 bits per heavy atom. The first-order valence-electron chi connectivity index (χ1n) is 10.00. The molecule has 2 nitrogen and oxygen atoms in total. The van der Waals surface area contributed by atoms with Gasteiger partial charge in [-0.25, -0.2) is 0 Å². The summed E-state index contributed by atoms with van der Waals surface area (Å²) in [5, 5.41) is 12.8. The molecule has 28 heavy (non-hydrogen) atoms. The zero-order valence-corrected chi connectivity index (χ0v) is 18.3. The number of hydrogen-bond acceptors (Lipinski definition) is 2. The number of aliphatic hydroxyl groups is 1. The highest BCUT2D eigenvalue weighted by Gasteiger charge is 2.58. The van der Waals surface area contributed by atoms with Crippen molar-refractivity contribution in [2.45, 2.75) is 38.3 Å². The van der Waals surface area contributed by atoms with E-state index in [1.807, 2.05) is 6.08 Å². The lowest BCUT2D eigenvalue weighted by Crippen LogP contribution is -2.67. The second-order valence-electron chi connectivity index (χ2n) is 8.93. The highest BCUT2D eigenvalue weighted by molar-refractivity contribution is 6.99. The van der Waals surface area contributed by atoms with Gasteiger partial charge in [0.2, 0.25) is 0 Å².